The van der Waals surface area contributed by atoms with Crippen LogP contribution < -0.4 is 0 Å². The lowest BCUT2D eigenvalue weighted by Crippen LogP contribution is -1.85. The van der Waals surface area contributed by atoms with Gasteiger partial charge in [0.1, 0.15) is 5.82 Å². The molecule has 1 aromatic heterocycles. The van der Waals surface area contributed by atoms with Crippen molar-refractivity contribution in [2.24, 2.45) is 0 Å². The van der Waals surface area contributed by atoms with Crippen LogP contribution >= 0.6 is 0 Å². The number of carbonyl (C=O) groups is 1. The van der Waals surface area contributed by atoms with Crippen molar-refractivity contribution in [3.05, 3.63) is 29.8 Å². The van der Waals surface area contributed by atoms with Gasteiger partial charge in [-0.3, -0.25) is 4.79 Å². The Morgan fingerprint density at radius 1 is 1.50 bits per heavy atom. The number of H-pyrrole nitrogens is 1. The van der Waals surface area contributed by atoms with E-state index < -0.39 is 5.82 Å². The third-order valence-corrected chi connectivity index (χ3v) is 1.64. The van der Waals surface area contributed by atoms with Crippen LogP contribution in [-0.4, -0.2) is 16.3 Å². The molecule has 60 valence electrons. The van der Waals surface area contributed by atoms with E-state index in [0.717, 1.165) is 6.07 Å². The molecule has 0 radical (unpaired) electrons. The van der Waals surface area contributed by atoms with Crippen LogP contribution in [0.1, 0.15) is 10.4 Å². The normalized spacial score (nSPS) is 10.4. The number of rotatable bonds is 1. The van der Waals surface area contributed by atoms with Gasteiger partial charge < -0.3 is 4.98 Å². The number of aromatic nitrogens is 2. The van der Waals surface area contributed by atoms with Crippen LogP contribution in [0.3, 0.4) is 0 Å². The first kappa shape index (κ1) is 6.97. The highest BCUT2D eigenvalue weighted by Crippen LogP contribution is 2.14. The molecule has 12 heavy (non-hydrogen) atoms. The Kier molecular flexibility index (Phi) is 1.40. The lowest BCUT2D eigenvalue weighted by molar-refractivity contribution is 0.112. The Hall–Kier alpha value is -1.71. The van der Waals surface area contributed by atoms with E-state index in [2.05, 4.69) is 9.97 Å². The zero-order valence-corrected chi connectivity index (χ0v) is 6.04. The first-order chi connectivity index (χ1) is 5.81. The molecule has 0 aliphatic heterocycles. The van der Waals surface area contributed by atoms with Gasteiger partial charge in [0.2, 0.25) is 0 Å². The van der Waals surface area contributed by atoms with Crippen LogP contribution in [0.5, 0.6) is 0 Å². The molecule has 0 aliphatic rings. The van der Waals surface area contributed by atoms with Crippen LogP contribution in [0.2, 0.25) is 0 Å². The van der Waals surface area contributed by atoms with Gasteiger partial charge in [-0.25, -0.2) is 9.37 Å². The molecule has 0 saturated carbocycles. The molecule has 0 atom stereocenters. The molecule has 2 aromatic rings. The molecule has 0 fully saturated rings. The average Bonchev–Trinajstić information content (AvgIpc) is 2.50. The van der Waals surface area contributed by atoms with Crippen molar-refractivity contribution in [2.75, 3.05) is 0 Å². The molecule has 0 spiro atoms. The summed E-state index contributed by atoms with van der Waals surface area (Å²) in [6, 6.07) is 2.46. The average molecular weight is 164 g/mol. The smallest absolute Gasteiger partial charge is 0.152 e. The first-order valence-electron chi connectivity index (χ1n) is 3.39. The van der Waals surface area contributed by atoms with Crippen molar-refractivity contribution >= 4 is 17.3 Å². The summed E-state index contributed by atoms with van der Waals surface area (Å²) in [5.41, 5.74) is 1.31. The van der Waals surface area contributed by atoms with Gasteiger partial charge in [-0.1, -0.05) is 0 Å². The van der Waals surface area contributed by atoms with Crippen molar-refractivity contribution in [1.82, 2.24) is 9.97 Å². The standard InChI is InChI=1S/C8H5FN2O/c9-6-1-5(3-12)8-7(2-6)10-4-11-8/h1-4H,(H,10,11). The summed E-state index contributed by atoms with van der Waals surface area (Å²) in [4.78, 5) is 17.1. The summed E-state index contributed by atoms with van der Waals surface area (Å²) in [5, 5.41) is 0. The highest BCUT2D eigenvalue weighted by molar-refractivity contribution is 5.93. The van der Waals surface area contributed by atoms with Crippen molar-refractivity contribution in [2.45, 2.75) is 0 Å². The second-order valence-electron chi connectivity index (χ2n) is 2.41. The molecule has 4 heteroatoms. The van der Waals surface area contributed by atoms with E-state index in [0.29, 0.717) is 17.3 Å². The molecule has 2 rings (SSSR count). The van der Waals surface area contributed by atoms with E-state index in [1.54, 1.807) is 0 Å². The quantitative estimate of drug-likeness (QED) is 0.649. The van der Waals surface area contributed by atoms with Crippen molar-refractivity contribution in [1.29, 1.82) is 0 Å². The molecule has 1 aromatic carbocycles. The maximum absolute atomic E-state index is 12.8. The van der Waals surface area contributed by atoms with E-state index >= 15 is 0 Å². The Labute approximate surface area is 67.2 Å². The summed E-state index contributed by atoms with van der Waals surface area (Å²) in [7, 11) is 0. The van der Waals surface area contributed by atoms with Gasteiger partial charge in [0.15, 0.2) is 6.29 Å². The Morgan fingerprint density at radius 3 is 3.08 bits per heavy atom. The lowest BCUT2D eigenvalue weighted by atomic mass is 10.2. The van der Waals surface area contributed by atoms with E-state index in [1.165, 1.54) is 12.4 Å². The fourth-order valence-electron chi connectivity index (χ4n) is 1.13. The third-order valence-electron chi connectivity index (χ3n) is 1.64. The van der Waals surface area contributed by atoms with E-state index in [1.807, 2.05) is 0 Å². The second-order valence-corrected chi connectivity index (χ2v) is 2.41. The first-order valence-corrected chi connectivity index (χ1v) is 3.39. The third kappa shape index (κ3) is 0.887. The molecule has 0 unspecified atom stereocenters. The highest BCUT2D eigenvalue weighted by Gasteiger charge is 2.04. The monoisotopic (exact) mass is 164 g/mol. The number of fused-ring (bicyclic) bond motifs is 1. The second kappa shape index (κ2) is 2.41. The van der Waals surface area contributed by atoms with Crippen molar-refractivity contribution < 1.29 is 9.18 Å². The minimum atomic E-state index is -0.436. The molecular weight excluding hydrogens is 159 g/mol. The fourth-order valence-corrected chi connectivity index (χ4v) is 1.13. The summed E-state index contributed by atoms with van der Waals surface area (Å²) in [6.07, 6.45) is 2.02. The van der Waals surface area contributed by atoms with Gasteiger partial charge in [-0.15, -0.1) is 0 Å². The lowest BCUT2D eigenvalue weighted by Gasteiger charge is -1.92. The Balaban J connectivity index is 2.88. The minimum Gasteiger partial charge on any atom is -0.344 e. The number of carbonyl (C=O) groups excluding carboxylic acids is 1. The molecule has 1 N–H and O–H groups in total. The topological polar surface area (TPSA) is 45.8 Å². The molecule has 0 aliphatic carbocycles. The predicted molar refractivity (Wildman–Crippen MR) is 41.4 cm³/mol. The SMILES string of the molecule is O=Cc1cc(F)cc2[nH]cnc12. The van der Waals surface area contributed by atoms with E-state index in [4.69, 9.17) is 0 Å². The highest BCUT2D eigenvalue weighted by atomic mass is 19.1. The predicted octanol–water partition coefficient (Wildman–Crippen LogP) is 1.51. The van der Waals surface area contributed by atoms with Gasteiger partial charge in [-0.2, -0.15) is 0 Å². The van der Waals surface area contributed by atoms with Crippen molar-refractivity contribution in [3.8, 4) is 0 Å². The van der Waals surface area contributed by atoms with Gasteiger partial charge in [0.05, 0.1) is 17.4 Å². The van der Waals surface area contributed by atoms with Crippen LogP contribution in [0, 0.1) is 5.82 Å². The Bertz CT molecular complexity index is 436. The number of hydrogen-bond acceptors (Lipinski definition) is 2. The number of hydrogen-bond donors (Lipinski definition) is 1. The zero-order valence-electron chi connectivity index (χ0n) is 6.04. The molecule has 1 heterocycles. The number of imidazole rings is 1. The largest absolute Gasteiger partial charge is 0.344 e. The van der Waals surface area contributed by atoms with Crippen LogP contribution in [0.4, 0.5) is 4.39 Å². The van der Waals surface area contributed by atoms with E-state index in [-0.39, 0.29) is 5.56 Å². The number of aromatic amines is 1. The number of benzene rings is 1. The van der Waals surface area contributed by atoms with Gasteiger partial charge in [0.25, 0.3) is 0 Å². The van der Waals surface area contributed by atoms with Crippen LogP contribution in [0.25, 0.3) is 11.0 Å². The maximum Gasteiger partial charge on any atom is 0.152 e. The molecular formula is C8H5FN2O. The minimum absolute atomic E-state index is 0.270. The van der Waals surface area contributed by atoms with Gasteiger partial charge in [-0.05, 0) is 12.1 Å². The molecule has 3 nitrogen and oxygen atoms in total. The molecule has 0 saturated heterocycles. The summed E-state index contributed by atoms with van der Waals surface area (Å²) < 4.78 is 12.8. The number of aldehydes is 1. The number of nitrogens with one attached hydrogen (secondary N) is 1. The zero-order chi connectivity index (χ0) is 8.55. The summed E-state index contributed by atoms with van der Waals surface area (Å²) in [6.45, 7) is 0. The molecule has 0 amide bonds. The summed E-state index contributed by atoms with van der Waals surface area (Å²) in [5.74, 6) is -0.436. The van der Waals surface area contributed by atoms with Crippen LogP contribution in [-0.2, 0) is 0 Å². The number of nitrogens with zero attached hydrogens (tertiary/aromatic N) is 1. The Morgan fingerprint density at radius 2 is 2.33 bits per heavy atom. The van der Waals surface area contributed by atoms with Gasteiger partial charge >= 0.3 is 0 Å². The van der Waals surface area contributed by atoms with Crippen LogP contribution in [0.15, 0.2) is 18.5 Å². The van der Waals surface area contributed by atoms with Gasteiger partial charge in [0, 0.05) is 5.56 Å². The maximum atomic E-state index is 12.8. The van der Waals surface area contributed by atoms with E-state index in [9.17, 15) is 9.18 Å². The fraction of sp³-hybridized carbons (Fsp3) is 0. The summed E-state index contributed by atoms with van der Waals surface area (Å²) >= 11 is 0. The van der Waals surface area contributed by atoms with Crippen molar-refractivity contribution in [3.63, 3.8) is 0 Å². The number of halogens is 1. The molecule has 0 bridgehead atoms.